The molecule has 0 radical (unpaired) electrons. The Kier molecular flexibility index (Phi) is 3.25. The topological polar surface area (TPSA) is 24.8 Å². The zero-order chi connectivity index (χ0) is 13.6. The summed E-state index contributed by atoms with van der Waals surface area (Å²) in [7, 11) is 0. The van der Waals surface area contributed by atoms with Crippen molar-refractivity contribution in [1.82, 2.24) is 4.90 Å². The van der Waals surface area contributed by atoms with Gasteiger partial charge in [0.15, 0.2) is 5.60 Å². The van der Waals surface area contributed by atoms with Crippen LogP contribution < -0.4 is 0 Å². The molecule has 0 amide bonds. The van der Waals surface area contributed by atoms with Gasteiger partial charge in [0.1, 0.15) is 0 Å². The summed E-state index contributed by atoms with van der Waals surface area (Å²) in [6.07, 6.45) is 3.18. The fourth-order valence-electron chi connectivity index (χ4n) is 2.94. The monoisotopic (exact) mass is 252 g/mol. The van der Waals surface area contributed by atoms with Crippen LogP contribution in [0.25, 0.3) is 0 Å². The largest absolute Gasteiger partial charge is 0.387 e. The molecule has 0 saturated carbocycles. The van der Waals surface area contributed by atoms with Crippen molar-refractivity contribution in [2.45, 2.75) is 71.9 Å². The van der Waals surface area contributed by atoms with Crippen molar-refractivity contribution in [1.29, 1.82) is 0 Å². The summed E-state index contributed by atoms with van der Waals surface area (Å²) in [6.45, 7) is 15.8. The molecule has 18 heavy (non-hydrogen) atoms. The Labute approximate surface area is 112 Å². The third-order valence-electron chi connectivity index (χ3n) is 3.89. The highest BCUT2D eigenvalue weighted by Crippen LogP contribution is 2.38. The Morgan fingerprint density at radius 3 is 2.39 bits per heavy atom. The fourth-order valence-corrected chi connectivity index (χ4v) is 2.94. The lowest BCUT2D eigenvalue weighted by Gasteiger charge is -2.32. The van der Waals surface area contributed by atoms with Crippen LogP contribution >= 0.6 is 0 Å². The molecule has 3 nitrogen and oxygen atoms in total. The molecule has 3 heteroatoms. The molecule has 1 atom stereocenters. The number of oxime groups is 1. The number of hydrogen-bond acceptors (Lipinski definition) is 3. The van der Waals surface area contributed by atoms with E-state index < -0.39 is 0 Å². The van der Waals surface area contributed by atoms with Crippen molar-refractivity contribution in [2.24, 2.45) is 10.6 Å². The average Bonchev–Trinajstić information content (AvgIpc) is 2.71. The molecular weight excluding hydrogens is 224 g/mol. The summed E-state index contributed by atoms with van der Waals surface area (Å²) < 4.78 is 0. The van der Waals surface area contributed by atoms with Gasteiger partial charge in [-0.1, -0.05) is 25.9 Å². The molecule has 104 valence electrons. The van der Waals surface area contributed by atoms with E-state index in [2.05, 4.69) is 51.6 Å². The van der Waals surface area contributed by atoms with Gasteiger partial charge in [0.25, 0.3) is 0 Å². The Morgan fingerprint density at radius 1 is 1.22 bits per heavy atom. The summed E-state index contributed by atoms with van der Waals surface area (Å²) >= 11 is 0. The third-order valence-corrected chi connectivity index (χ3v) is 3.89. The van der Waals surface area contributed by atoms with Gasteiger partial charge in [0.2, 0.25) is 0 Å². The normalized spacial score (nSPS) is 29.8. The molecule has 0 aromatic carbocycles. The fraction of sp³-hybridized carbons (Fsp3) is 0.933. The van der Waals surface area contributed by atoms with Crippen LogP contribution in [0.15, 0.2) is 5.16 Å². The quantitative estimate of drug-likeness (QED) is 0.714. The molecule has 1 spiro atoms. The summed E-state index contributed by atoms with van der Waals surface area (Å²) in [5.41, 5.74) is 1.77. The number of rotatable bonds is 1. The Balaban J connectivity index is 1.95. The van der Waals surface area contributed by atoms with Crippen molar-refractivity contribution in [3.05, 3.63) is 0 Å². The molecule has 1 saturated heterocycles. The Morgan fingerprint density at radius 2 is 1.89 bits per heavy atom. The van der Waals surface area contributed by atoms with Crippen molar-refractivity contribution in [3.63, 3.8) is 0 Å². The van der Waals surface area contributed by atoms with Gasteiger partial charge in [-0.2, -0.15) is 0 Å². The minimum Gasteiger partial charge on any atom is -0.387 e. The first-order chi connectivity index (χ1) is 8.10. The zero-order valence-electron chi connectivity index (χ0n) is 12.8. The zero-order valence-corrected chi connectivity index (χ0v) is 12.8. The standard InChI is InChI=1S/C15H28N2O/c1-13(2,3)9-12-10-15(18-16-12)7-8-17(11-15)14(4,5)6/h7-11H2,1-6H3. The van der Waals surface area contributed by atoms with Gasteiger partial charge in [0.05, 0.1) is 5.71 Å². The predicted molar refractivity (Wildman–Crippen MR) is 75.9 cm³/mol. The first-order valence-corrected chi connectivity index (χ1v) is 7.09. The van der Waals surface area contributed by atoms with Crippen LogP contribution in [0.1, 0.15) is 60.8 Å². The first-order valence-electron chi connectivity index (χ1n) is 7.09. The SMILES string of the molecule is CC(C)(C)CC1=NOC2(CCN(C(C)(C)C)C2)C1. The number of likely N-dealkylation sites (tertiary alicyclic amines) is 1. The lowest BCUT2D eigenvalue weighted by atomic mass is 9.85. The van der Waals surface area contributed by atoms with Crippen LogP contribution in [0.3, 0.4) is 0 Å². The van der Waals surface area contributed by atoms with Gasteiger partial charge >= 0.3 is 0 Å². The lowest BCUT2D eigenvalue weighted by molar-refractivity contribution is -0.0167. The van der Waals surface area contributed by atoms with E-state index in [0.717, 1.165) is 32.4 Å². The maximum absolute atomic E-state index is 5.83. The molecule has 0 aromatic heterocycles. The number of hydrogen-bond donors (Lipinski definition) is 0. The smallest absolute Gasteiger partial charge is 0.156 e. The molecule has 0 bridgehead atoms. The number of nitrogens with zero attached hydrogens (tertiary/aromatic N) is 2. The molecule has 2 rings (SSSR count). The minimum atomic E-state index is -0.0200. The summed E-state index contributed by atoms with van der Waals surface area (Å²) in [5, 5.41) is 4.36. The van der Waals surface area contributed by atoms with Gasteiger partial charge in [-0.3, -0.25) is 4.90 Å². The molecule has 0 N–H and O–H groups in total. The van der Waals surface area contributed by atoms with E-state index in [1.165, 1.54) is 5.71 Å². The Hall–Kier alpha value is -0.570. The maximum atomic E-state index is 5.83. The van der Waals surface area contributed by atoms with Crippen LogP contribution in [-0.2, 0) is 4.84 Å². The molecule has 1 fully saturated rings. The highest BCUT2D eigenvalue weighted by Gasteiger charge is 2.47. The average molecular weight is 252 g/mol. The van der Waals surface area contributed by atoms with E-state index in [1.54, 1.807) is 0 Å². The van der Waals surface area contributed by atoms with Crippen LogP contribution in [0.4, 0.5) is 0 Å². The van der Waals surface area contributed by atoms with Crippen LogP contribution in [0.2, 0.25) is 0 Å². The predicted octanol–water partition coefficient (Wildman–Crippen LogP) is 3.44. The molecule has 2 heterocycles. The lowest BCUT2D eigenvalue weighted by Crippen LogP contribution is -2.43. The molecule has 0 aliphatic carbocycles. The van der Waals surface area contributed by atoms with Crippen molar-refractivity contribution in [3.8, 4) is 0 Å². The van der Waals surface area contributed by atoms with Crippen molar-refractivity contribution in [2.75, 3.05) is 13.1 Å². The third kappa shape index (κ3) is 3.05. The van der Waals surface area contributed by atoms with Crippen molar-refractivity contribution >= 4 is 5.71 Å². The molecular formula is C15H28N2O. The van der Waals surface area contributed by atoms with Crippen LogP contribution in [0, 0.1) is 5.41 Å². The van der Waals surface area contributed by atoms with Crippen LogP contribution in [0.5, 0.6) is 0 Å². The van der Waals surface area contributed by atoms with Gasteiger partial charge in [-0.25, -0.2) is 0 Å². The Bertz CT molecular complexity index is 348. The van der Waals surface area contributed by atoms with E-state index in [0.29, 0.717) is 5.41 Å². The first kappa shape index (κ1) is 13.9. The maximum Gasteiger partial charge on any atom is 0.156 e. The molecule has 1 unspecified atom stereocenters. The highest BCUT2D eigenvalue weighted by atomic mass is 16.7. The van der Waals surface area contributed by atoms with E-state index >= 15 is 0 Å². The van der Waals surface area contributed by atoms with Gasteiger partial charge in [-0.05, 0) is 32.6 Å². The van der Waals surface area contributed by atoms with E-state index in [1.807, 2.05) is 0 Å². The molecule has 2 aliphatic heterocycles. The van der Waals surface area contributed by atoms with E-state index in [-0.39, 0.29) is 11.1 Å². The highest BCUT2D eigenvalue weighted by molar-refractivity contribution is 5.86. The summed E-state index contributed by atoms with van der Waals surface area (Å²) in [4.78, 5) is 8.35. The molecule has 0 aromatic rings. The van der Waals surface area contributed by atoms with Gasteiger partial charge in [0, 0.05) is 31.5 Å². The van der Waals surface area contributed by atoms with E-state index in [4.69, 9.17) is 4.84 Å². The minimum absolute atomic E-state index is 0.0200. The second kappa shape index (κ2) is 4.22. The molecule has 2 aliphatic rings. The van der Waals surface area contributed by atoms with E-state index in [9.17, 15) is 0 Å². The second-order valence-electron chi connectivity index (χ2n) is 8.19. The van der Waals surface area contributed by atoms with Gasteiger partial charge in [-0.15, -0.1) is 0 Å². The van der Waals surface area contributed by atoms with Crippen LogP contribution in [-0.4, -0.2) is 34.8 Å². The summed E-state index contributed by atoms with van der Waals surface area (Å²) in [5.74, 6) is 0. The second-order valence-corrected chi connectivity index (χ2v) is 8.19. The van der Waals surface area contributed by atoms with Gasteiger partial charge < -0.3 is 4.84 Å². The van der Waals surface area contributed by atoms with Crippen molar-refractivity contribution < 1.29 is 4.84 Å². The summed E-state index contributed by atoms with van der Waals surface area (Å²) in [6, 6.07) is 0.